The fourth-order valence-corrected chi connectivity index (χ4v) is 2.04. The fraction of sp³-hybridized carbons (Fsp3) is 0.125. The zero-order valence-corrected chi connectivity index (χ0v) is 12.7. The summed E-state index contributed by atoms with van der Waals surface area (Å²) in [5, 5.41) is 13.6. The normalized spacial score (nSPS) is 10.6. The molecule has 0 aromatic heterocycles. The second kappa shape index (κ2) is 7.47. The van der Waals surface area contributed by atoms with Gasteiger partial charge < -0.3 is 9.84 Å². The zero-order valence-electron chi connectivity index (χ0n) is 11.9. The molecule has 0 spiro atoms. The lowest BCUT2D eigenvalue weighted by atomic mass is 10.1. The number of hydrogen-bond donors (Lipinski definition) is 2. The number of methoxy groups -OCH3 is 1. The predicted molar refractivity (Wildman–Crippen MR) is 85.6 cm³/mol. The van der Waals surface area contributed by atoms with E-state index in [0.29, 0.717) is 5.56 Å². The minimum atomic E-state index is -0.223. The number of hydrogen-bond acceptors (Lipinski definition) is 4. The highest BCUT2D eigenvalue weighted by molar-refractivity contribution is 6.32. The van der Waals surface area contributed by atoms with Crippen LogP contribution in [-0.2, 0) is 11.2 Å². The van der Waals surface area contributed by atoms with Gasteiger partial charge in [-0.15, -0.1) is 0 Å². The molecule has 0 aliphatic heterocycles. The van der Waals surface area contributed by atoms with E-state index in [9.17, 15) is 9.90 Å². The number of nitrogens with zero attached hydrogens (tertiary/aromatic N) is 1. The number of ether oxygens (including phenoxy) is 1. The molecule has 2 aromatic rings. The largest absolute Gasteiger partial charge is 0.503 e. The number of benzene rings is 2. The molecule has 2 aromatic carbocycles. The average Bonchev–Trinajstić information content (AvgIpc) is 2.51. The molecule has 0 aliphatic carbocycles. The van der Waals surface area contributed by atoms with Crippen LogP contribution >= 0.6 is 11.6 Å². The van der Waals surface area contributed by atoms with Crippen molar-refractivity contribution in [2.45, 2.75) is 6.42 Å². The smallest absolute Gasteiger partial charge is 0.244 e. The molecule has 0 fully saturated rings. The Morgan fingerprint density at radius 2 is 2.09 bits per heavy atom. The minimum absolute atomic E-state index is 0.130. The summed E-state index contributed by atoms with van der Waals surface area (Å²) in [5.74, 6) is -0.113. The van der Waals surface area contributed by atoms with Gasteiger partial charge in [0.15, 0.2) is 11.5 Å². The van der Waals surface area contributed by atoms with Gasteiger partial charge in [0.25, 0.3) is 0 Å². The summed E-state index contributed by atoms with van der Waals surface area (Å²) in [7, 11) is 1.42. The third-order valence-electron chi connectivity index (χ3n) is 2.88. The Labute approximate surface area is 133 Å². The van der Waals surface area contributed by atoms with Gasteiger partial charge >= 0.3 is 0 Å². The molecule has 2 rings (SSSR count). The van der Waals surface area contributed by atoms with E-state index in [-0.39, 0.29) is 28.8 Å². The molecule has 0 aliphatic rings. The highest BCUT2D eigenvalue weighted by atomic mass is 35.5. The van der Waals surface area contributed by atoms with Crippen LogP contribution in [0.15, 0.2) is 47.6 Å². The van der Waals surface area contributed by atoms with Crippen LogP contribution in [0.25, 0.3) is 0 Å². The zero-order chi connectivity index (χ0) is 15.9. The van der Waals surface area contributed by atoms with Gasteiger partial charge in [0.1, 0.15) is 0 Å². The Morgan fingerprint density at radius 1 is 1.36 bits per heavy atom. The first kappa shape index (κ1) is 15.9. The topological polar surface area (TPSA) is 70.9 Å². The summed E-state index contributed by atoms with van der Waals surface area (Å²) >= 11 is 5.87. The van der Waals surface area contributed by atoms with E-state index >= 15 is 0 Å². The van der Waals surface area contributed by atoms with Crippen molar-refractivity contribution < 1.29 is 14.6 Å². The van der Waals surface area contributed by atoms with Crippen molar-refractivity contribution in [1.29, 1.82) is 0 Å². The number of carbonyl (C=O) groups is 1. The third kappa shape index (κ3) is 4.23. The second-order valence-electron chi connectivity index (χ2n) is 4.51. The molecular weight excluding hydrogens is 304 g/mol. The van der Waals surface area contributed by atoms with E-state index in [2.05, 4.69) is 10.5 Å². The van der Waals surface area contributed by atoms with Crippen LogP contribution in [0.5, 0.6) is 11.5 Å². The molecule has 114 valence electrons. The van der Waals surface area contributed by atoms with Crippen molar-refractivity contribution in [2.24, 2.45) is 5.10 Å². The lowest BCUT2D eigenvalue weighted by Gasteiger charge is -2.06. The molecule has 0 saturated carbocycles. The summed E-state index contributed by atoms with van der Waals surface area (Å²) in [6.07, 6.45) is 1.68. The number of rotatable bonds is 5. The Hall–Kier alpha value is -2.53. The number of nitrogens with one attached hydrogen (secondary N) is 1. The maximum Gasteiger partial charge on any atom is 0.244 e. The molecular formula is C16H15ClN2O3. The first-order valence-corrected chi connectivity index (χ1v) is 6.90. The molecule has 0 atom stereocenters. The summed E-state index contributed by atoms with van der Waals surface area (Å²) in [4.78, 5) is 11.7. The van der Waals surface area contributed by atoms with Gasteiger partial charge in [-0.3, -0.25) is 4.79 Å². The van der Waals surface area contributed by atoms with Crippen LogP contribution in [0.3, 0.4) is 0 Å². The lowest BCUT2D eigenvalue weighted by molar-refractivity contribution is -0.120. The second-order valence-corrected chi connectivity index (χ2v) is 4.92. The van der Waals surface area contributed by atoms with Crippen molar-refractivity contribution in [2.75, 3.05) is 7.11 Å². The fourth-order valence-electron chi connectivity index (χ4n) is 1.82. The van der Waals surface area contributed by atoms with Crippen molar-refractivity contribution >= 4 is 23.7 Å². The van der Waals surface area contributed by atoms with E-state index in [4.69, 9.17) is 16.3 Å². The van der Waals surface area contributed by atoms with E-state index in [1.807, 2.05) is 30.3 Å². The molecule has 0 saturated heterocycles. The monoisotopic (exact) mass is 318 g/mol. The quantitative estimate of drug-likeness (QED) is 0.658. The Kier molecular flexibility index (Phi) is 5.38. The summed E-state index contributed by atoms with van der Waals surface area (Å²) < 4.78 is 4.99. The molecule has 5 nitrogen and oxygen atoms in total. The molecule has 0 heterocycles. The van der Waals surface area contributed by atoms with Gasteiger partial charge in [-0.25, -0.2) is 5.43 Å². The third-order valence-corrected chi connectivity index (χ3v) is 3.17. The molecule has 6 heteroatoms. The average molecular weight is 319 g/mol. The molecule has 2 N–H and O–H groups in total. The molecule has 0 radical (unpaired) electrons. The van der Waals surface area contributed by atoms with Crippen LogP contribution in [0.2, 0.25) is 5.02 Å². The van der Waals surface area contributed by atoms with Gasteiger partial charge in [-0.05, 0) is 23.3 Å². The maximum absolute atomic E-state index is 11.7. The molecule has 0 unspecified atom stereocenters. The van der Waals surface area contributed by atoms with E-state index in [1.54, 1.807) is 6.07 Å². The highest BCUT2D eigenvalue weighted by Gasteiger charge is 2.08. The van der Waals surface area contributed by atoms with E-state index < -0.39 is 0 Å². The Bertz CT molecular complexity index is 687. The molecule has 22 heavy (non-hydrogen) atoms. The van der Waals surface area contributed by atoms with Crippen molar-refractivity contribution in [3.8, 4) is 11.5 Å². The SMILES string of the molecule is COc1cc(/C=N/NC(=O)Cc2ccccc2)cc(Cl)c1O. The number of halogens is 1. The van der Waals surface area contributed by atoms with Gasteiger partial charge in [-0.2, -0.15) is 5.10 Å². The number of aromatic hydroxyl groups is 1. The van der Waals surface area contributed by atoms with Gasteiger partial charge in [0.2, 0.25) is 5.91 Å². The van der Waals surface area contributed by atoms with Crippen molar-refractivity contribution in [3.63, 3.8) is 0 Å². The van der Waals surface area contributed by atoms with Crippen molar-refractivity contribution in [3.05, 3.63) is 58.6 Å². The Balaban J connectivity index is 1.98. The first-order chi connectivity index (χ1) is 10.6. The number of phenolic OH excluding ortho intramolecular Hbond substituents is 1. The number of amides is 1. The van der Waals surface area contributed by atoms with Gasteiger partial charge in [0.05, 0.1) is 24.8 Å². The predicted octanol–water partition coefficient (Wildman–Crippen LogP) is 2.75. The number of phenols is 1. The van der Waals surface area contributed by atoms with Crippen molar-refractivity contribution in [1.82, 2.24) is 5.43 Å². The maximum atomic E-state index is 11.7. The summed E-state index contributed by atoms with van der Waals surface area (Å²) in [6.45, 7) is 0. The van der Waals surface area contributed by atoms with Crippen LogP contribution in [-0.4, -0.2) is 24.3 Å². The standard InChI is InChI=1S/C16H15ClN2O3/c1-22-14-8-12(7-13(17)16(14)21)10-18-19-15(20)9-11-5-3-2-4-6-11/h2-8,10,21H,9H2,1H3,(H,19,20)/b18-10+. The summed E-state index contributed by atoms with van der Waals surface area (Å²) in [5.41, 5.74) is 3.94. The van der Waals surface area contributed by atoms with E-state index in [1.165, 1.54) is 19.4 Å². The van der Waals surface area contributed by atoms with E-state index in [0.717, 1.165) is 5.56 Å². The van der Waals surface area contributed by atoms with Crippen LogP contribution in [0.1, 0.15) is 11.1 Å². The van der Waals surface area contributed by atoms with Crippen LogP contribution in [0, 0.1) is 0 Å². The van der Waals surface area contributed by atoms with Crippen LogP contribution < -0.4 is 10.2 Å². The first-order valence-electron chi connectivity index (χ1n) is 6.52. The van der Waals surface area contributed by atoms with Crippen LogP contribution in [0.4, 0.5) is 0 Å². The molecule has 1 amide bonds. The Morgan fingerprint density at radius 3 is 2.77 bits per heavy atom. The van der Waals surface area contributed by atoms with Gasteiger partial charge in [0, 0.05) is 0 Å². The highest BCUT2D eigenvalue weighted by Crippen LogP contribution is 2.34. The summed E-state index contributed by atoms with van der Waals surface area (Å²) in [6, 6.07) is 12.5. The molecule has 0 bridgehead atoms. The lowest BCUT2D eigenvalue weighted by Crippen LogP contribution is -2.19. The number of carbonyl (C=O) groups excluding carboxylic acids is 1. The van der Waals surface area contributed by atoms with Gasteiger partial charge in [-0.1, -0.05) is 41.9 Å². The number of hydrazone groups is 1. The minimum Gasteiger partial charge on any atom is -0.503 e.